The summed E-state index contributed by atoms with van der Waals surface area (Å²) >= 11 is 0. The molecule has 3 fully saturated rings. The van der Waals surface area contributed by atoms with E-state index in [2.05, 4.69) is 0 Å². The van der Waals surface area contributed by atoms with Crippen molar-refractivity contribution in [1.82, 2.24) is 9.80 Å². The van der Waals surface area contributed by atoms with Gasteiger partial charge in [0.25, 0.3) is 0 Å². The molecular weight excluding hydrogens is 416 g/mol. The average molecular weight is 447 g/mol. The van der Waals surface area contributed by atoms with Crippen molar-refractivity contribution in [1.29, 1.82) is 0 Å². The van der Waals surface area contributed by atoms with Crippen molar-refractivity contribution >= 4 is 17.7 Å². The van der Waals surface area contributed by atoms with E-state index in [1.165, 1.54) is 4.90 Å². The Morgan fingerprint density at radius 2 is 1.64 bits per heavy atom. The summed E-state index contributed by atoms with van der Waals surface area (Å²) in [6, 6.07) is 17.5. The Balaban J connectivity index is 1.49. The SMILES string of the molecule is O=C1C[C@](CC(=O)N2CCCC[C@@H]2CO)(c2ccc(-c3ccccc3)cc2)C(=O)N1C1CC1. The van der Waals surface area contributed by atoms with Gasteiger partial charge >= 0.3 is 0 Å². The molecule has 2 saturated heterocycles. The minimum atomic E-state index is -1.18. The van der Waals surface area contributed by atoms with Gasteiger partial charge in [-0.2, -0.15) is 0 Å². The van der Waals surface area contributed by atoms with E-state index in [1.807, 2.05) is 54.6 Å². The first kappa shape index (κ1) is 21.8. The van der Waals surface area contributed by atoms with E-state index in [0.29, 0.717) is 6.54 Å². The summed E-state index contributed by atoms with van der Waals surface area (Å²) < 4.78 is 0. The maximum atomic E-state index is 13.7. The van der Waals surface area contributed by atoms with Crippen LogP contribution in [-0.4, -0.2) is 57.9 Å². The molecule has 2 atom stereocenters. The van der Waals surface area contributed by atoms with Gasteiger partial charge in [0.2, 0.25) is 17.7 Å². The van der Waals surface area contributed by atoms with E-state index in [1.54, 1.807) is 4.90 Å². The van der Waals surface area contributed by atoms with Crippen LogP contribution in [0.3, 0.4) is 0 Å². The molecule has 0 bridgehead atoms. The zero-order valence-corrected chi connectivity index (χ0v) is 18.8. The Labute approximate surface area is 194 Å². The number of nitrogens with zero attached hydrogens (tertiary/aromatic N) is 2. The number of carbonyl (C=O) groups is 3. The summed E-state index contributed by atoms with van der Waals surface area (Å²) in [5.41, 5.74) is 1.63. The van der Waals surface area contributed by atoms with E-state index in [-0.39, 0.29) is 49.3 Å². The van der Waals surface area contributed by atoms with Crippen LogP contribution in [0.1, 0.15) is 50.5 Å². The van der Waals surface area contributed by atoms with Crippen LogP contribution in [0.2, 0.25) is 0 Å². The van der Waals surface area contributed by atoms with Crippen molar-refractivity contribution in [3.63, 3.8) is 0 Å². The van der Waals surface area contributed by atoms with Gasteiger partial charge in [-0.1, -0.05) is 54.6 Å². The summed E-state index contributed by atoms with van der Waals surface area (Å²) in [5, 5.41) is 9.79. The molecular formula is C27H30N2O4. The number of amides is 3. The summed E-state index contributed by atoms with van der Waals surface area (Å²) in [4.78, 5) is 43.3. The van der Waals surface area contributed by atoms with Crippen LogP contribution < -0.4 is 0 Å². The van der Waals surface area contributed by atoms with Crippen molar-refractivity contribution in [2.75, 3.05) is 13.2 Å². The first-order valence-corrected chi connectivity index (χ1v) is 12.0. The fraction of sp³-hybridized carbons (Fsp3) is 0.444. The maximum Gasteiger partial charge on any atom is 0.241 e. The number of rotatable bonds is 6. The largest absolute Gasteiger partial charge is 0.394 e. The second-order valence-electron chi connectivity index (χ2n) is 9.60. The Hall–Kier alpha value is -2.99. The third kappa shape index (κ3) is 3.97. The lowest BCUT2D eigenvalue weighted by Crippen LogP contribution is -2.49. The molecule has 2 aromatic rings. The number of benzene rings is 2. The van der Waals surface area contributed by atoms with Crippen LogP contribution in [-0.2, 0) is 19.8 Å². The quantitative estimate of drug-likeness (QED) is 0.691. The third-order valence-corrected chi connectivity index (χ3v) is 7.42. The number of carbonyl (C=O) groups excluding carboxylic acids is 3. The minimum absolute atomic E-state index is 0.0225. The van der Waals surface area contributed by atoms with Crippen LogP contribution in [0, 0.1) is 0 Å². The summed E-state index contributed by atoms with van der Waals surface area (Å²) in [6.45, 7) is 0.507. The Kier molecular flexibility index (Phi) is 5.79. The van der Waals surface area contributed by atoms with Gasteiger partial charge in [-0.3, -0.25) is 19.3 Å². The molecule has 2 aromatic carbocycles. The van der Waals surface area contributed by atoms with Crippen LogP contribution in [0.15, 0.2) is 54.6 Å². The molecule has 2 aliphatic heterocycles. The molecule has 0 spiro atoms. The number of likely N-dealkylation sites (tertiary alicyclic amines) is 2. The van der Waals surface area contributed by atoms with Gasteiger partial charge in [0.15, 0.2) is 0 Å². The van der Waals surface area contributed by atoms with Gasteiger partial charge in [0, 0.05) is 25.4 Å². The number of hydrogen-bond donors (Lipinski definition) is 1. The van der Waals surface area contributed by atoms with Gasteiger partial charge in [0.1, 0.15) is 0 Å². The molecule has 3 aliphatic rings. The summed E-state index contributed by atoms with van der Waals surface area (Å²) in [5.74, 6) is -0.576. The molecule has 1 saturated carbocycles. The molecule has 0 radical (unpaired) electrons. The molecule has 1 N–H and O–H groups in total. The zero-order chi connectivity index (χ0) is 23.0. The number of piperidine rings is 1. The second kappa shape index (κ2) is 8.75. The van der Waals surface area contributed by atoms with Crippen LogP contribution >= 0.6 is 0 Å². The van der Waals surface area contributed by atoms with Gasteiger partial charge < -0.3 is 10.0 Å². The summed E-state index contributed by atoms with van der Waals surface area (Å²) in [6.07, 6.45) is 4.30. The van der Waals surface area contributed by atoms with Crippen LogP contribution in [0.25, 0.3) is 11.1 Å². The first-order valence-electron chi connectivity index (χ1n) is 12.0. The molecule has 2 heterocycles. The predicted octanol–water partition coefficient (Wildman–Crippen LogP) is 3.28. The van der Waals surface area contributed by atoms with Crippen molar-refractivity contribution in [2.24, 2.45) is 0 Å². The standard InChI is InChI=1S/C27H30N2O4/c30-18-23-8-4-5-15-28(23)24(31)16-27(17-25(32)29(26(27)33)22-13-14-22)21-11-9-20(10-12-21)19-6-2-1-3-7-19/h1-3,6-7,9-12,22-23,30H,4-5,8,13-18H2/t23-,27-/m1/s1. The van der Waals surface area contributed by atoms with Crippen molar-refractivity contribution in [2.45, 2.75) is 62.4 Å². The number of hydrogen-bond acceptors (Lipinski definition) is 4. The van der Waals surface area contributed by atoms with E-state index in [4.69, 9.17) is 0 Å². The monoisotopic (exact) mass is 446 g/mol. The van der Waals surface area contributed by atoms with Gasteiger partial charge in [-0.05, 0) is 48.8 Å². The predicted molar refractivity (Wildman–Crippen MR) is 124 cm³/mol. The lowest BCUT2D eigenvalue weighted by Gasteiger charge is -2.37. The van der Waals surface area contributed by atoms with Crippen molar-refractivity contribution < 1.29 is 19.5 Å². The Morgan fingerprint density at radius 1 is 0.939 bits per heavy atom. The minimum Gasteiger partial charge on any atom is -0.394 e. The summed E-state index contributed by atoms with van der Waals surface area (Å²) in [7, 11) is 0. The Bertz CT molecular complexity index is 1050. The second-order valence-corrected chi connectivity index (χ2v) is 9.60. The highest BCUT2D eigenvalue weighted by Crippen LogP contribution is 2.45. The lowest BCUT2D eigenvalue weighted by atomic mass is 9.75. The molecule has 6 heteroatoms. The van der Waals surface area contributed by atoms with E-state index in [9.17, 15) is 19.5 Å². The van der Waals surface area contributed by atoms with Crippen molar-refractivity contribution in [3.05, 3.63) is 60.2 Å². The smallest absolute Gasteiger partial charge is 0.241 e. The third-order valence-electron chi connectivity index (χ3n) is 7.42. The van der Waals surface area contributed by atoms with E-state index in [0.717, 1.165) is 48.8 Å². The molecule has 5 rings (SSSR count). The molecule has 1 aliphatic carbocycles. The number of aliphatic hydroxyl groups is 1. The molecule has 3 amide bonds. The maximum absolute atomic E-state index is 13.7. The highest BCUT2D eigenvalue weighted by Gasteiger charge is 2.57. The number of aliphatic hydroxyl groups excluding tert-OH is 1. The normalized spacial score (nSPS) is 25.5. The Morgan fingerprint density at radius 3 is 2.30 bits per heavy atom. The molecule has 0 unspecified atom stereocenters. The van der Waals surface area contributed by atoms with Gasteiger partial charge in [-0.25, -0.2) is 0 Å². The molecule has 6 nitrogen and oxygen atoms in total. The highest BCUT2D eigenvalue weighted by atomic mass is 16.3. The van der Waals surface area contributed by atoms with Crippen LogP contribution in [0.5, 0.6) is 0 Å². The average Bonchev–Trinajstić information content (AvgIpc) is 3.65. The van der Waals surface area contributed by atoms with E-state index >= 15 is 0 Å². The molecule has 172 valence electrons. The lowest BCUT2D eigenvalue weighted by molar-refractivity contribution is -0.144. The zero-order valence-electron chi connectivity index (χ0n) is 18.8. The highest BCUT2D eigenvalue weighted by molar-refractivity contribution is 6.11. The van der Waals surface area contributed by atoms with Crippen molar-refractivity contribution in [3.8, 4) is 11.1 Å². The fourth-order valence-corrected chi connectivity index (χ4v) is 5.42. The fourth-order valence-electron chi connectivity index (χ4n) is 5.42. The number of imide groups is 1. The molecule has 33 heavy (non-hydrogen) atoms. The first-order chi connectivity index (χ1) is 16.0. The van der Waals surface area contributed by atoms with Crippen LogP contribution in [0.4, 0.5) is 0 Å². The van der Waals surface area contributed by atoms with Gasteiger partial charge in [0.05, 0.1) is 18.1 Å². The molecule has 0 aromatic heterocycles. The van der Waals surface area contributed by atoms with E-state index < -0.39 is 5.41 Å². The van der Waals surface area contributed by atoms with Gasteiger partial charge in [-0.15, -0.1) is 0 Å². The topological polar surface area (TPSA) is 77.9 Å².